The number of hydrogen-bond donors (Lipinski definition) is 0. The molecule has 1 unspecified atom stereocenters. The van der Waals surface area contributed by atoms with Crippen LogP contribution in [-0.4, -0.2) is 61.1 Å². The number of methoxy groups -OCH3 is 2. The molecular formula is C26H32N4O3S. The Morgan fingerprint density at radius 1 is 1.12 bits per heavy atom. The molecule has 7 nitrogen and oxygen atoms in total. The van der Waals surface area contributed by atoms with E-state index in [1.807, 2.05) is 48.3 Å². The number of amides is 1. The van der Waals surface area contributed by atoms with Gasteiger partial charge in [0.25, 0.3) is 0 Å². The van der Waals surface area contributed by atoms with E-state index in [0.29, 0.717) is 24.6 Å². The molecule has 1 saturated heterocycles. The van der Waals surface area contributed by atoms with Crippen LogP contribution in [0.25, 0.3) is 0 Å². The van der Waals surface area contributed by atoms with Gasteiger partial charge in [-0.3, -0.25) is 4.79 Å². The number of anilines is 1. The van der Waals surface area contributed by atoms with Crippen LogP contribution in [0.4, 0.5) is 5.13 Å². The Hall–Kier alpha value is -3.13. The number of piperidine rings is 1. The maximum absolute atomic E-state index is 13.2. The van der Waals surface area contributed by atoms with Crippen molar-refractivity contribution < 1.29 is 14.3 Å². The van der Waals surface area contributed by atoms with Crippen LogP contribution < -0.4 is 14.4 Å². The molecule has 0 saturated carbocycles. The second-order valence-corrected chi connectivity index (χ2v) is 9.37. The molecule has 1 amide bonds. The minimum Gasteiger partial charge on any atom is -0.493 e. The van der Waals surface area contributed by atoms with Gasteiger partial charge >= 0.3 is 0 Å². The molecule has 2 aromatic carbocycles. The molecule has 0 radical (unpaired) electrons. The lowest BCUT2D eigenvalue weighted by Gasteiger charge is -2.33. The number of carbonyl (C=O) groups excluding carboxylic acids is 1. The summed E-state index contributed by atoms with van der Waals surface area (Å²) >= 11 is 1.43. The van der Waals surface area contributed by atoms with E-state index in [1.54, 1.807) is 14.2 Å². The summed E-state index contributed by atoms with van der Waals surface area (Å²) in [6.45, 7) is 2.27. The quantitative estimate of drug-likeness (QED) is 0.460. The van der Waals surface area contributed by atoms with Crippen molar-refractivity contribution in [3.63, 3.8) is 0 Å². The van der Waals surface area contributed by atoms with Gasteiger partial charge < -0.3 is 19.3 Å². The van der Waals surface area contributed by atoms with Crippen molar-refractivity contribution in [3.05, 3.63) is 65.5 Å². The third kappa shape index (κ3) is 5.86. The molecule has 4 rings (SSSR count). The standard InChI is InChI=1S/C26H32N4O3S/c1-29(15-13-20-11-12-22(32-2)23(16-20)33-3)25(31)21-10-7-14-30(18-21)26-27-24(28-34-26)17-19-8-5-4-6-9-19/h4-6,8-9,11-12,16,21H,7,10,13-15,17-18H2,1-3H3. The zero-order valence-corrected chi connectivity index (χ0v) is 20.9. The van der Waals surface area contributed by atoms with E-state index in [0.717, 1.165) is 48.7 Å². The summed E-state index contributed by atoms with van der Waals surface area (Å²) in [5.74, 6) is 2.43. The van der Waals surface area contributed by atoms with Gasteiger partial charge in [0.05, 0.1) is 20.1 Å². The zero-order chi connectivity index (χ0) is 23.9. The molecule has 0 bridgehead atoms. The van der Waals surface area contributed by atoms with E-state index >= 15 is 0 Å². The fourth-order valence-electron chi connectivity index (χ4n) is 4.33. The van der Waals surface area contributed by atoms with E-state index in [1.165, 1.54) is 17.1 Å². The van der Waals surface area contributed by atoms with E-state index < -0.39 is 0 Å². The summed E-state index contributed by atoms with van der Waals surface area (Å²) in [5, 5.41) is 0.913. The lowest BCUT2D eigenvalue weighted by molar-refractivity contribution is -0.134. The van der Waals surface area contributed by atoms with Gasteiger partial charge in [-0.05, 0) is 42.5 Å². The second kappa shape index (κ2) is 11.3. The van der Waals surface area contributed by atoms with Gasteiger partial charge in [0.1, 0.15) is 5.82 Å². The lowest BCUT2D eigenvalue weighted by atomic mass is 9.97. The first-order valence-electron chi connectivity index (χ1n) is 11.6. The molecule has 1 atom stereocenters. The Morgan fingerprint density at radius 3 is 2.68 bits per heavy atom. The Labute approximate surface area is 205 Å². The SMILES string of the molecule is COc1ccc(CCN(C)C(=O)C2CCCN(c3nc(Cc4ccccc4)ns3)C2)cc1OC. The van der Waals surface area contributed by atoms with Gasteiger partial charge in [0.2, 0.25) is 11.0 Å². The van der Waals surface area contributed by atoms with Gasteiger partial charge in [-0.1, -0.05) is 36.4 Å². The first-order chi connectivity index (χ1) is 16.6. The van der Waals surface area contributed by atoms with Gasteiger partial charge in [-0.25, -0.2) is 4.98 Å². The predicted molar refractivity (Wildman–Crippen MR) is 135 cm³/mol. The zero-order valence-electron chi connectivity index (χ0n) is 20.1. The molecule has 0 aliphatic carbocycles. The van der Waals surface area contributed by atoms with Gasteiger partial charge in [-0.2, -0.15) is 4.37 Å². The first kappa shape index (κ1) is 24.0. The van der Waals surface area contributed by atoms with E-state index in [4.69, 9.17) is 14.5 Å². The third-order valence-corrected chi connectivity index (χ3v) is 7.08. The van der Waals surface area contributed by atoms with Crippen LogP contribution in [0.1, 0.15) is 29.8 Å². The third-order valence-electron chi connectivity index (χ3n) is 6.26. The molecule has 2 heterocycles. The molecule has 0 N–H and O–H groups in total. The van der Waals surface area contributed by atoms with Crippen LogP contribution in [0, 0.1) is 5.92 Å². The van der Waals surface area contributed by atoms with Crippen LogP contribution in [0.15, 0.2) is 48.5 Å². The normalized spacial score (nSPS) is 15.7. The molecule has 1 aromatic heterocycles. The second-order valence-electron chi connectivity index (χ2n) is 8.64. The number of likely N-dealkylation sites (N-methyl/N-ethyl adjacent to an activating group) is 1. The smallest absolute Gasteiger partial charge is 0.227 e. The van der Waals surface area contributed by atoms with Gasteiger partial charge in [-0.15, -0.1) is 0 Å². The highest BCUT2D eigenvalue weighted by atomic mass is 32.1. The Balaban J connectivity index is 1.32. The molecule has 3 aromatic rings. The molecule has 180 valence electrons. The predicted octanol–water partition coefficient (Wildman–Crippen LogP) is 4.06. The monoisotopic (exact) mass is 480 g/mol. The topological polar surface area (TPSA) is 67.8 Å². The summed E-state index contributed by atoms with van der Waals surface area (Å²) in [6.07, 6.45) is 3.38. The van der Waals surface area contributed by atoms with Crippen LogP contribution in [-0.2, 0) is 17.6 Å². The van der Waals surface area contributed by atoms with Crippen LogP contribution in [0.2, 0.25) is 0 Å². The fraction of sp³-hybridized carbons (Fsp3) is 0.423. The number of hydrogen-bond acceptors (Lipinski definition) is 7. The van der Waals surface area contributed by atoms with Crippen molar-refractivity contribution in [1.82, 2.24) is 14.3 Å². The van der Waals surface area contributed by atoms with Crippen molar-refractivity contribution >= 4 is 22.6 Å². The average Bonchev–Trinajstić information content (AvgIpc) is 3.35. The number of rotatable bonds is 9. The fourth-order valence-corrected chi connectivity index (χ4v) is 5.05. The van der Waals surface area contributed by atoms with Crippen LogP contribution in [0.5, 0.6) is 11.5 Å². The molecular weight excluding hydrogens is 448 g/mol. The largest absolute Gasteiger partial charge is 0.493 e. The number of aromatic nitrogens is 2. The first-order valence-corrected chi connectivity index (χ1v) is 12.4. The van der Waals surface area contributed by atoms with Crippen molar-refractivity contribution in [3.8, 4) is 11.5 Å². The minimum atomic E-state index is -0.0226. The number of benzene rings is 2. The lowest BCUT2D eigenvalue weighted by Crippen LogP contribution is -2.44. The summed E-state index contributed by atoms with van der Waals surface area (Å²) in [6, 6.07) is 16.2. The number of ether oxygens (including phenoxy) is 2. The molecule has 8 heteroatoms. The highest BCUT2D eigenvalue weighted by molar-refractivity contribution is 7.09. The average molecular weight is 481 g/mol. The van der Waals surface area contributed by atoms with E-state index in [9.17, 15) is 4.79 Å². The van der Waals surface area contributed by atoms with Gasteiger partial charge in [0, 0.05) is 44.6 Å². The van der Waals surface area contributed by atoms with E-state index in [2.05, 4.69) is 21.4 Å². The summed E-state index contributed by atoms with van der Waals surface area (Å²) in [4.78, 5) is 22.0. The molecule has 0 spiro atoms. The number of carbonyl (C=O) groups is 1. The van der Waals surface area contributed by atoms with Crippen molar-refractivity contribution in [2.45, 2.75) is 25.7 Å². The van der Waals surface area contributed by atoms with Crippen LogP contribution >= 0.6 is 11.5 Å². The van der Waals surface area contributed by atoms with Crippen LogP contribution in [0.3, 0.4) is 0 Å². The molecule has 1 aliphatic heterocycles. The number of nitrogens with zero attached hydrogens (tertiary/aromatic N) is 4. The van der Waals surface area contributed by atoms with E-state index in [-0.39, 0.29) is 11.8 Å². The summed E-state index contributed by atoms with van der Waals surface area (Å²) < 4.78 is 15.3. The molecule has 1 aliphatic rings. The Kier molecular flexibility index (Phi) is 8.00. The van der Waals surface area contributed by atoms with Crippen molar-refractivity contribution in [2.24, 2.45) is 5.92 Å². The van der Waals surface area contributed by atoms with Gasteiger partial charge in [0.15, 0.2) is 11.5 Å². The van der Waals surface area contributed by atoms with Crippen molar-refractivity contribution in [1.29, 1.82) is 0 Å². The van der Waals surface area contributed by atoms with Crippen molar-refractivity contribution in [2.75, 3.05) is 45.8 Å². The Bertz CT molecular complexity index is 1090. The maximum atomic E-state index is 13.2. The highest BCUT2D eigenvalue weighted by Crippen LogP contribution is 2.28. The molecule has 34 heavy (non-hydrogen) atoms. The maximum Gasteiger partial charge on any atom is 0.227 e. The summed E-state index contributed by atoms with van der Waals surface area (Å²) in [5.41, 5.74) is 2.32. The summed E-state index contributed by atoms with van der Waals surface area (Å²) in [7, 11) is 5.16. The highest BCUT2D eigenvalue weighted by Gasteiger charge is 2.29. The Morgan fingerprint density at radius 2 is 1.91 bits per heavy atom. The minimum absolute atomic E-state index is 0.0226. The molecule has 1 fully saturated rings.